The van der Waals surface area contributed by atoms with Crippen LogP contribution in [0.3, 0.4) is 0 Å². The van der Waals surface area contributed by atoms with E-state index < -0.39 is 0 Å². The molecule has 1 aromatic heterocycles. The number of rotatable bonds is 7. The first-order valence-electron chi connectivity index (χ1n) is 6.51. The molecule has 19 heavy (non-hydrogen) atoms. The molecule has 0 amide bonds. The predicted octanol–water partition coefficient (Wildman–Crippen LogP) is 3.07. The minimum Gasteiger partial charge on any atom is -0.494 e. The Morgan fingerprint density at radius 2 is 2.05 bits per heavy atom. The molecule has 102 valence electrons. The van der Waals surface area contributed by atoms with Crippen LogP contribution in [0.5, 0.6) is 5.75 Å². The van der Waals surface area contributed by atoms with E-state index in [9.17, 15) is 0 Å². The standard InChI is InChI=1S/C14H19N3O2/c1-11(2)13-16-14(19-17-13)15-9-6-10-18-12-7-4-3-5-8-12/h3-5,7-8,11H,6,9-10H2,1-2H3,(H,15,16,17). The fraction of sp³-hybridized carbons (Fsp3) is 0.429. The van der Waals surface area contributed by atoms with Gasteiger partial charge in [-0.3, -0.25) is 0 Å². The third-order valence-corrected chi connectivity index (χ3v) is 2.57. The van der Waals surface area contributed by atoms with Crippen molar-refractivity contribution in [2.75, 3.05) is 18.5 Å². The van der Waals surface area contributed by atoms with Crippen molar-refractivity contribution >= 4 is 6.01 Å². The van der Waals surface area contributed by atoms with Crippen LogP contribution in [0.2, 0.25) is 0 Å². The van der Waals surface area contributed by atoms with Crippen LogP contribution in [0, 0.1) is 0 Å². The van der Waals surface area contributed by atoms with E-state index in [0.29, 0.717) is 12.6 Å². The highest BCUT2D eigenvalue weighted by Gasteiger charge is 2.08. The Kier molecular flexibility index (Phi) is 4.78. The zero-order valence-electron chi connectivity index (χ0n) is 11.3. The number of ether oxygens (including phenoxy) is 1. The number of benzene rings is 1. The fourth-order valence-electron chi connectivity index (χ4n) is 1.52. The molecule has 5 heteroatoms. The number of nitrogens with one attached hydrogen (secondary N) is 1. The Labute approximate surface area is 113 Å². The molecule has 2 rings (SSSR count). The van der Waals surface area contributed by atoms with Gasteiger partial charge in [0.05, 0.1) is 6.61 Å². The largest absolute Gasteiger partial charge is 0.494 e. The van der Waals surface area contributed by atoms with Crippen LogP contribution in [-0.2, 0) is 0 Å². The van der Waals surface area contributed by atoms with Crippen LogP contribution in [0.1, 0.15) is 32.0 Å². The van der Waals surface area contributed by atoms with Gasteiger partial charge in [0.2, 0.25) is 0 Å². The monoisotopic (exact) mass is 261 g/mol. The topological polar surface area (TPSA) is 60.2 Å². The lowest BCUT2D eigenvalue weighted by Gasteiger charge is -2.05. The molecule has 0 bridgehead atoms. The molecule has 0 atom stereocenters. The van der Waals surface area contributed by atoms with Gasteiger partial charge < -0.3 is 14.6 Å². The number of aromatic nitrogens is 2. The summed E-state index contributed by atoms with van der Waals surface area (Å²) >= 11 is 0. The van der Waals surface area contributed by atoms with E-state index >= 15 is 0 Å². The lowest BCUT2D eigenvalue weighted by atomic mass is 10.2. The van der Waals surface area contributed by atoms with Gasteiger partial charge in [0, 0.05) is 12.5 Å². The van der Waals surface area contributed by atoms with Crippen molar-refractivity contribution in [3.8, 4) is 5.75 Å². The Balaban J connectivity index is 1.64. The van der Waals surface area contributed by atoms with Crippen LogP contribution in [0.15, 0.2) is 34.9 Å². The number of nitrogens with zero attached hydrogens (tertiary/aromatic N) is 2. The molecule has 0 unspecified atom stereocenters. The molecule has 1 aromatic carbocycles. The molecular weight excluding hydrogens is 242 g/mol. The second-order valence-corrected chi connectivity index (χ2v) is 4.55. The van der Waals surface area contributed by atoms with Crippen molar-refractivity contribution in [3.63, 3.8) is 0 Å². The quantitative estimate of drug-likeness (QED) is 0.776. The van der Waals surface area contributed by atoms with Gasteiger partial charge in [-0.1, -0.05) is 37.2 Å². The van der Waals surface area contributed by atoms with E-state index in [4.69, 9.17) is 9.26 Å². The molecule has 1 heterocycles. The Bertz CT molecular complexity index is 482. The van der Waals surface area contributed by atoms with Gasteiger partial charge >= 0.3 is 6.01 Å². The van der Waals surface area contributed by atoms with Crippen LogP contribution in [0.4, 0.5) is 6.01 Å². The van der Waals surface area contributed by atoms with Crippen LogP contribution in [-0.4, -0.2) is 23.3 Å². The summed E-state index contributed by atoms with van der Waals surface area (Å²) in [6, 6.07) is 10.2. The Hall–Kier alpha value is -2.04. The third kappa shape index (κ3) is 4.28. The van der Waals surface area contributed by atoms with Crippen molar-refractivity contribution < 1.29 is 9.26 Å². The normalized spacial score (nSPS) is 10.7. The Morgan fingerprint density at radius 3 is 2.74 bits per heavy atom. The summed E-state index contributed by atoms with van der Waals surface area (Å²) in [5.41, 5.74) is 0. The van der Waals surface area contributed by atoms with E-state index in [2.05, 4.69) is 15.5 Å². The maximum absolute atomic E-state index is 5.58. The third-order valence-electron chi connectivity index (χ3n) is 2.57. The van der Waals surface area contributed by atoms with E-state index in [1.807, 2.05) is 44.2 Å². The average Bonchev–Trinajstić information content (AvgIpc) is 2.89. The number of anilines is 1. The van der Waals surface area contributed by atoms with E-state index in [-0.39, 0.29) is 5.92 Å². The van der Waals surface area contributed by atoms with Gasteiger partial charge in [0.15, 0.2) is 5.82 Å². The van der Waals surface area contributed by atoms with Crippen molar-refractivity contribution in [3.05, 3.63) is 36.2 Å². The highest BCUT2D eigenvalue weighted by Crippen LogP contribution is 2.12. The summed E-state index contributed by atoms with van der Waals surface area (Å²) in [6.07, 6.45) is 0.869. The van der Waals surface area contributed by atoms with Gasteiger partial charge in [-0.15, -0.1) is 0 Å². The summed E-state index contributed by atoms with van der Waals surface area (Å²) in [7, 11) is 0. The maximum Gasteiger partial charge on any atom is 0.321 e. The molecule has 0 saturated heterocycles. The first kappa shape index (κ1) is 13.4. The van der Waals surface area contributed by atoms with Gasteiger partial charge in [-0.2, -0.15) is 4.98 Å². The average molecular weight is 261 g/mol. The predicted molar refractivity (Wildman–Crippen MR) is 73.4 cm³/mol. The molecule has 0 aliphatic carbocycles. The highest BCUT2D eigenvalue weighted by molar-refractivity contribution is 5.21. The molecule has 0 spiro atoms. The van der Waals surface area contributed by atoms with E-state index in [1.165, 1.54) is 0 Å². The van der Waals surface area contributed by atoms with Gasteiger partial charge in [-0.25, -0.2) is 0 Å². The zero-order valence-corrected chi connectivity index (χ0v) is 11.3. The maximum atomic E-state index is 5.58. The van der Waals surface area contributed by atoms with Crippen LogP contribution < -0.4 is 10.1 Å². The summed E-state index contributed by atoms with van der Waals surface area (Å²) in [5, 5.41) is 6.97. The molecule has 0 aliphatic heterocycles. The second-order valence-electron chi connectivity index (χ2n) is 4.55. The fourth-order valence-corrected chi connectivity index (χ4v) is 1.52. The summed E-state index contributed by atoms with van der Waals surface area (Å²) in [5.74, 6) is 1.89. The number of para-hydroxylation sites is 1. The number of hydrogen-bond acceptors (Lipinski definition) is 5. The highest BCUT2D eigenvalue weighted by atomic mass is 16.5. The van der Waals surface area contributed by atoms with Crippen molar-refractivity contribution in [1.29, 1.82) is 0 Å². The van der Waals surface area contributed by atoms with E-state index in [1.54, 1.807) is 0 Å². The van der Waals surface area contributed by atoms with E-state index in [0.717, 1.165) is 24.5 Å². The van der Waals surface area contributed by atoms with Gasteiger partial charge in [0.1, 0.15) is 5.75 Å². The Morgan fingerprint density at radius 1 is 1.26 bits per heavy atom. The minimum atomic E-state index is 0.278. The molecular formula is C14H19N3O2. The van der Waals surface area contributed by atoms with Crippen LogP contribution >= 0.6 is 0 Å². The summed E-state index contributed by atoms with van der Waals surface area (Å²) in [6.45, 7) is 5.46. The summed E-state index contributed by atoms with van der Waals surface area (Å²) in [4.78, 5) is 4.24. The smallest absolute Gasteiger partial charge is 0.321 e. The van der Waals surface area contributed by atoms with Crippen molar-refractivity contribution in [2.24, 2.45) is 0 Å². The first-order valence-corrected chi connectivity index (χ1v) is 6.51. The minimum absolute atomic E-state index is 0.278. The molecule has 5 nitrogen and oxygen atoms in total. The zero-order chi connectivity index (χ0) is 13.5. The van der Waals surface area contributed by atoms with Crippen molar-refractivity contribution in [1.82, 2.24) is 10.1 Å². The molecule has 1 N–H and O–H groups in total. The summed E-state index contributed by atoms with van der Waals surface area (Å²) < 4.78 is 10.7. The second kappa shape index (κ2) is 6.78. The lowest BCUT2D eigenvalue weighted by Crippen LogP contribution is -2.07. The molecule has 0 fully saturated rings. The number of hydrogen-bond donors (Lipinski definition) is 1. The molecule has 2 aromatic rings. The van der Waals surface area contributed by atoms with Gasteiger partial charge in [-0.05, 0) is 18.6 Å². The SMILES string of the molecule is CC(C)c1noc(NCCCOc2ccccc2)n1. The first-order chi connectivity index (χ1) is 9.25. The molecule has 0 radical (unpaired) electrons. The molecule has 0 saturated carbocycles. The van der Waals surface area contributed by atoms with Crippen molar-refractivity contribution in [2.45, 2.75) is 26.2 Å². The van der Waals surface area contributed by atoms with Crippen LogP contribution in [0.25, 0.3) is 0 Å². The lowest BCUT2D eigenvalue weighted by molar-refractivity contribution is 0.314. The molecule has 0 aliphatic rings. The van der Waals surface area contributed by atoms with Gasteiger partial charge in [0.25, 0.3) is 0 Å².